The number of hydrogen-bond donors (Lipinski definition) is 1. The zero-order chi connectivity index (χ0) is 22.6. The molecule has 0 atom stereocenters. The highest BCUT2D eigenvalue weighted by Gasteiger charge is 2.42. The van der Waals surface area contributed by atoms with Gasteiger partial charge in [0.1, 0.15) is 0 Å². The molecule has 2 aromatic carbocycles. The number of rotatable bonds is 4. The van der Waals surface area contributed by atoms with Crippen LogP contribution in [0, 0.1) is 0 Å². The molecule has 0 unspecified atom stereocenters. The highest BCUT2D eigenvalue weighted by atomic mass is 32.2. The lowest BCUT2D eigenvalue weighted by Crippen LogP contribution is -2.42. The maximum atomic E-state index is 12.8. The Morgan fingerprint density at radius 3 is 2.39 bits per heavy atom. The second-order valence-corrected chi connectivity index (χ2v) is 8.52. The molecule has 166 valence electrons. The molecule has 9 heteroatoms. The number of amides is 2. The summed E-state index contributed by atoms with van der Waals surface area (Å²) in [6.45, 7) is 0.629. The number of carbonyl (C=O) groups is 2. The van der Waals surface area contributed by atoms with Crippen LogP contribution in [0.15, 0.2) is 47.4 Å². The van der Waals surface area contributed by atoms with Crippen molar-refractivity contribution in [3.63, 3.8) is 0 Å². The van der Waals surface area contributed by atoms with E-state index >= 15 is 0 Å². The van der Waals surface area contributed by atoms with E-state index in [1.807, 2.05) is 42.5 Å². The van der Waals surface area contributed by atoms with E-state index in [1.165, 1.54) is 4.90 Å². The van der Waals surface area contributed by atoms with Crippen LogP contribution in [0.25, 0.3) is 0 Å². The molecule has 0 aromatic heterocycles. The van der Waals surface area contributed by atoms with Gasteiger partial charge in [0.2, 0.25) is 0 Å². The number of hydrogen-bond acceptors (Lipinski definition) is 4. The first-order valence-electron chi connectivity index (χ1n) is 9.84. The van der Waals surface area contributed by atoms with Gasteiger partial charge in [-0.1, -0.05) is 24.3 Å². The molecule has 1 heterocycles. The van der Waals surface area contributed by atoms with Gasteiger partial charge in [0.15, 0.2) is 0 Å². The van der Waals surface area contributed by atoms with Gasteiger partial charge in [-0.15, -0.1) is 0 Å². The molecule has 1 N–H and O–H groups in total. The summed E-state index contributed by atoms with van der Waals surface area (Å²) in [5.41, 5.74) is 3.78. The van der Waals surface area contributed by atoms with Gasteiger partial charge in [-0.05, 0) is 59.5 Å². The summed E-state index contributed by atoms with van der Waals surface area (Å²) < 4.78 is 38.4. The van der Waals surface area contributed by atoms with Crippen molar-refractivity contribution in [2.24, 2.45) is 0 Å². The maximum absolute atomic E-state index is 12.8. The van der Waals surface area contributed by atoms with Crippen LogP contribution in [0.3, 0.4) is 0 Å². The predicted molar refractivity (Wildman–Crippen MR) is 115 cm³/mol. The standard InChI is InChI=1S/C22H24F3N3O2S/c1-27(2)21(30)31-17-8-6-15(7-9-17)14-26-19-5-3-4-16-10-12-28(13-11-18(16)19)20(29)22(23,24)25/h3-9,26H,10-14H2,1-2H3. The lowest BCUT2D eigenvalue weighted by atomic mass is 10.0. The summed E-state index contributed by atoms with van der Waals surface area (Å²) in [7, 11) is 3.41. The van der Waals surface area contributed by atoms with Gasteiger partial charge in [0, 0.05) is 44.3 Å². The summed E-state index contributed by atoms with van der Waals surface area (Å²) in [5.74, 6) is -1.78. The van der Waals surface area contributed by atoms with Gasteiger partial charge in [0.25, 0.3) is 5.24 Å². The van der Waals surface area contributed by atoms with Crippen molar-refractivity contribution in [1.29, 1.82) is 0 Å². The van der Waals surface area contributed by atoms with Crippen molar-refractivity contribution in [1.82, 2.24) is 9.80 Å². The number of benzene rings is 2. The monoisotopic (exact) mass is 451 g/mol. The highest BCUT2D eigenvalue weighted by Crippen LogP contribution is 2.27. The van der Waals surface area contributed by atoms with Crippen LogP contribution in [0.5, 0.6) is 0 Å². The second kappa shape index (κ2) is 9.64. The molecule has 2 aromatic rings. The molecule has 5 nitrogen and oxygen atoms in total. The van der Waals surface area contributed by atoms with E-state index in [9.17, 15) is 22.8 Å². The first kappa shape index (κ1) is 23.0. The van der Waals surface area contributed by atoms with Gasteiger partial charge in [0.05, 0.1) is 0 Å². The average Bonchev–Trinajstić information content (AvgIpc) is 2.95. The highest BCUT2D eigenvalue weighted by molar-refractivity contribution is 8.13. The van der Waals surface area contributed by atoms with Gasteiger partial charge >= 0.3 is 12.1 Å². The summed E-state index contributed by atoms with van der Waals surface area (Å²) in [6, 6.07) is 13.3. The summed E-state index contributed by atoms with van der Waals surface area (Å²) in [5, 5.41) is 3.32. The molecule has 3 rings (SSSR count). The van der Waals surface area contributed by atoms with Gasteiger partial charge < -0.3 is 15.1 Å². The lowest BCUT2D eigenvalue weighted by Gasteiger charge is -2.21. The van der Waals surface area contributed by atoms with Crippen molar-refractivity contribution < 1.29 is 22.8 Å². The van der Waals surface area contributed by atoms with Gasteiger partial charge in [-0.25, -0.2) is 0 Å². The summed E-state index contributed by atoms with van der Waals surface area (Å²) >= 11 is 1.15. The quantitative estimate of drug-likeness (QED) is 0.693. The van der Waals surface area contributed by atoms with E-state index in [2.05, 4.69) is 5.32 Å². The Morgan fingerprint density at radius 1 is 1.06 bits per heavy atom. The average molecular weight is 452 g/mol. The topological polar surface area (TPSA) is 52.7 Å². The summed E-state index contributed by atoms with van der Waals surface area (Å²) in [4.78, 5) is 26.6. The van der Waals surface area contributed by atoms with Crippen molar-refractivity contribution in [2.75, 3.05) is 32.5 Å². The zero-order valence-electron chi connectivity index (χ0n) is 17.3. The SMILES string of the molecule is CN(C)C(=O)Sc1ccc(CNc2cccc3c2CCN(C(=O)C(F)(F)F)CC3)cc1. The Balaban J connectivity index is 1.65. The second-order valence-electron chi connectivity index (χ2n) is 7.49. The molecule has 0 radical (unpaired) electrons. The fourth-order valence-corrected chi connectivity index (χ4v) is 4.05. The van der Waals surface area contributed by atoms with Crippen LogP contribution in [0.2, 0.25) is 0 Å². The summed E-state index contributed by atoms with van der Waals surface area (Å²) in [6.07, 6.45) is -4.10. The Labute approximate surface area is 183 Å². The van der Waals surface area contributed by atoms with Crippen LogP contribution in [0.4, 0.5) is 23.7 Å². The number of nitrogens with zero attached hydrogens (tertiary/aromatic N) is 2. The van der Waals surface area contributed by atoms with Crippen LogP contribution in [-0.2, 0) is 24.2 Å². The van der Waals surface area contributed by atoms with Crippen molar-refractivity contribution >= 4 is 28.6 Å². The molecule has 0 fully saturated rings. The lowest BCUT2D eigenvalue weighted by molar-refractivity contribution is -0.185. The maximum Gasteiger partial charge on any atom is 0.471 e. The third-order valence-electron chi connectivity index (χ3n) is 5.06. The third-order valence-corrected chi connectivity index (χ3v) is 6.11. The van der Waals surface area contributed by atoms with Crippen LogP contribution in [-0.4, -0.2) is 54.3 Å². The number of halogens is 3. The first-order chi connectivity index (χ1) is 14.6. The van der Waals surface area contributed by atoms with Gasteiger partial charge in [-0.3, -0.25) is 9.59 Å². The molecule has 0 aliphatic carbocycles. The van der Waals surface area contributed by atoms with Crippen molar-refractivity contribution in [3.05, 3.63) is 59.2 Å². The number of fused-ring (bicyclic) bond motifs is 1. The molecule has 2 amide bonds. The minimum atomic E-state index is -4.85. The normalized spacial score (nSPS) is 13.9. The minimum absolute atomic E-state index is 0.0376. The largest absolute Gasteiger partial charge is 0.471 e. The van der Waals surface area contributed by atoms with Gasteiger partial charge in [-0.2, -0.15) is 13.2 Å². The molecular weight excluding hydrogens is 427 g/mol. The van der Waals surface area contributed by atoms with E-state index in [4.69, 9.17) is 0 Å². The third kappa shape index (κ3) is 5.94. The molecule has 0 saturated heterocycles. The number of alkyl halides is 3. The first-order valence-corrected chi connectivity index (χ1v) is 10.7. The van der Waals surface area contributed by atoms with Crippen molar-refractivity contribution in [2.45, 2.75) is 30.5 Å². The predicted octanol–water partition coefficient (Wildman–Crippen LogP) is 4.56. The molecule has 0 saturated carbocycles. The Kier molecular flexibility index (Phi) is 7.15. The van der Waals surface area contributed by atoms with E-state index in [1.54, 1.807) is 14.1 Å². The van der Waals surface area contributed by atoms with E-state index < -0.39 is 12.1 Å². The molecule has 31 heavy (non-hydrogen) atoms. The van der Waals surface area contributed by atoms with E-state index in [0.717, 1.165) is 43.9 Å². The molecule has 1 aliphatic rings. The Hall–Kier alpha value is -2.68. The number of thioether (sulfide) groups is 1. The van der Waals surface area contributed by atoms with E-state index in [-0.39, 0.29) is 18.3 Å². The van der Waals surface area contributed by atoms with Crippen LogP contribution >= 0.6 is 11.8 Å². The number of nitrogens with one attached hydrogen (secondary N) is 1. The fraction of sp³-hybridized carbons (Fsp3) is 0.364. The molecule has 0 bridgehead atoms. The zero-order valence-corrected chi connectivity index (χ0v) is 18.1. The van der Waals surface area contributed by atoms with E-state index in [0.29, 0.717) is 19.4 Å². The molecular formula is C22H24F3N3O2S. The minimum Gasteiger partial charge on any atom is -0.381 e. The molecule has 0 spiro atoms. The van der Waals surface area contributed by atoms with Crippen molar-refractivity contribution in [3.8, 4) is 0 Å². The van der Waals surface area contributed by atoms with Crippen LogP contribution in [0.1, 0.15) is 16.7 Å². The smallest absolute Gasteiger partial charge is 0.381 e. The fourth-order valence-electron chi connectivity index (χ4n) is 3.39. The Bertz CT molecular complexity index is 946. The van der Waals surface area contributed by atoms with Crippen LogP contribution < -0.4 is 5.32 Å². The number of anilines is 1. The molecule has 1 aliphatic heterocycles. The Morgan fingerprint density at radius 2 is 1.74 bits per heavy atom. The number of carbonyl (C=O) groups excluding carboxylic acids is 2.